The molecule has 2 aromatic carbocycles. The Morgan fingerprint density at radius 1 is 1.20 bits per heavy atom. The number of carbonyl (C=O) groups excluding carboxylic acids is 1. The molecule has 0 saturated heterocycles. The van der Waals surface area contributed by atoms with Crippen molar-refractivity contribution < 1.29 is 9.53 Å². The highest BCUT2D eigenvalue weighted by atomic mass is 32.1. The molecule has 1 aliphatic rings. The first kappa shape index (κ1) is 20.3. The minimum atomic E-state index is -0.0188. The van der Waals surface area contributed by atoms with Gasteiger partial charge in [-0.25, -0.2) is 0 Å². The van der Waals surface area contributed by atoms with Crippen molar-refractivity contribution in [1.82, 2.24) is 14.8 Å². The van der Waals surface area contributed by atoms with Crippen molar-refractivity contribution in [1.29, 1.82) is 0 Å². The largest absolute Gasteiger partial charge is 0.494 e. The summed E-state index contributed by atoms with van der Waals surface area (Å²) in [6.45, 7) is 3.03. The number of ether oxygens (including phenoxy) is 1. The molecule has 0 saturated carbocycles. The molecule has 0 unspecified atom stereocenters. The van der Waals surface area contributed by atoms with Crippen LogP contribution in [0.3, 0.4) is 0 Å². The van der Waals surface area contributed by atoms with Gasteiger partial charge in [-0.05, 0) is 86.3 Å². The standard InChI is InChI=1S/C23H26N4O2S/c1-2-29-18-12-10-17(11-13-18)22-25-26-23(30)27(22)15-14-21(28)24-20-9-5-7-16-6-3-4-8-19(16)20/h5,7,9-13H,2-4,6,8,14-15H2,1H3,(H,24,28)(H,26,30). The van der Waals surface area contributed by atoms with E-state index >= 15 is 0 Å². The normalized spacial score (nSPS) is 13.0. The lowest BCUT2D eigenvalue weighted by Gasteiger charge is -2.19. The molecule has 1 amide bonds. The summed E-state index contributed by atoms with van der Waals surface area (Å²) in [7, 11) is 0. The van der Waals surface area contributed by atoms with Crippen LogP contribution >= 0.6 is 12.2 Å². The van der Waals surface area contributed by atoms with Gasteiger partial charge in [0.15, 0.2) is 10.6 Å². The van der Waals surface area contributed by atoms with Crippen LogP contribution in [0, 0.1) is 4.77 Å². The van der Waals surface area contributed by atoms with Crippen LogP contribution in [0.1, 0.15) is 37.3 Å². The molecule has 1 aliphatic carbocycles. The van der Waals surface area contributed by atoms with Crippen LogP contribution in [0.25, 0.3) is 11.4 Å². The monoisotopic (exact) mass is 422 g/mol. The number of hydrogen-bond acceptors (Lipinski definition) is 4. The Balaban J connectivity index is 1.45. The number of rotatable bonds is 7. The third kappa shape index (κ3) is 4.46. The van der Waals surface area contributed by atoms with E-state index in [4.69, 9.17) is 17.0 Å². The fraction of sp³-hybridized carbons (Fsp3) is 0.348. The number of amides is 1. The molecule has 4 rings (SSSR count). The molecule has 1 aromatic heterocycles. The average Bonchev–Trinajstić information content (AvgIpc) is 3.14. The molecular weight excluding hydrogens is 396 g/mol. The van der Waals surface area contributed by atoms with Gasteiger partial charge in [-0.1, -0.05) is 12.1 Å². The number of aryl methyl sites for hydroxylation is 1. The van der Waals surface area contributed by atoms with Gasteiger partial charge in [0, 0.05) is 24.2 Å². The lowest BCUT2D eigenvalue weighted by molar-refractivity contribution is -0.116. The summed E-state index contributed by atoms with van der Waals surface area (Å²) >= 11 is 5.39. The van der Waals surface area contributed by atoms with Gasteiger partial charge in [0.05, 0.1) is 6.61 Å². The van der Waals surface area contributed by atoms with Crippen LogP contribution in [-0.2, 0) is 24.2 Å². The highest BCUT2D eigenvalue weighted by Gasteiger charge is 2.15. The van der Waals surface area contributed by atoms with Crippen molar-refractivity contribution in [2.24, 2.45) is 0 Å². The summed E-state index contributed by atoms with van der Waals surface area (Å²) in [4.78, 5) is 12.7. The molecule has 0 bridgehead atoms. The van der Waals surface area contributed by atoms with Gasteiger partial charge in [0.2, 0.25) is 5.91 Å². The molecule has 0 fully saturated rings. The molecule has 30 heavy (non-hydrogen) atoms. The zero-order valence-electron chi connectivity index (χ0n) is 17.1. The van der Waals surface area contributed by atoms with E-state index in [1.807, 2.05) is 47.9 Å². The maximum atomic E-state index is 12.7. The Kier molecular flexibility index (Phi) is 6.28. The van der Waals surface area contributed by atoms with Crippen LogP contribution in [-0.4, -0.2) is 27.3 Å². The van der Waals surface area contributed by atoms with Gasteiger partial charge in [-0.3, -0.25) is 14.5 Å². The Hall–Kier alpha value is -2.93. The number of nitrogens with one attached hydrogen (secondary N) is 2. The van der Waals surface area contributed by atoms with E-state index in [1.165, 1.54) is 24.0 Å². The Labute approximate surface area is 181 Å². The van der Waals surface area contributed by atoms with Crippen molar-refractivity contribution in [3.05, 3.63) is 58.4 Å². The fourth-order valence-electron chi connectivity index (χ4n) is 3.94. The molecular formula is C23H26N4O2S. The number of fused-ring (bicyclic) bond motifs is 1. The van der Waals surface area contributed by atoms with Crippen LogP contribution in [0.2, 0.25) is 0 Å². The van der Waals surface area contributed by atoms with Gasteiger partial charge in [-0.15, -0.1) is 0 Å². The minimum absolute atomic E-state index is 0.0188. The Morgan fingerprint density at radius 3 is 2.80 bits per heavy atom. The number of aromatic nitrogens is 3. The molecule has 0 atom stereocenters. The molecule has 0 radical (unpaired) electrons. The zero-order valence-corrected chi connectivity index (χ0v) is 17.9. The average molecular weight is 423 g/mol. The summed E-state index contributed by atoms with van der Waals surface area (Å²) in [6, 6.07) is 13.9. The summed E-state index contributed by atoms with van der Waals surface area (Å²) in [5, 5.41) is 10.3. The molecule has 6 nitrogen and oxygen atoms in total. The molecule has 3 aromatic rings. The van der Waals surface area contributed by atoms with Crippen molar-refractivity contribution in [2.75, 3.05) is 11.9 Å². The summed E-state index contributed by atoms with van der Waals surface area (Å²) < 4.78 is 7.87. The van der Waals surface area contributed by atoms with Gasteiger partial charge >= 0.3 is 0 Å². The van der Waals surface area contributed by atoms with Gasteiger partial charge in [0.1, 0.15) is 5.75 Å². The number of benzene rings is 2. The second-order valence-electron chi connectivity index (χ2n) is 7.41. The van der Waals surface area contributed by atoms with Gasteiger partial charge < -0.3 is 10.1 Å². The summed E-state index contributed by atoms with van der Waals surface area (Å²) in [6.07, 6.45) is 4.84. The highest BCUT2D eigenvalue weighted by Crippen LogP contribution is 2.28. The van der Waals surface area contributed by atoms with E-state index < -0.39 is 0 Å². The van der Waals surface area contributed by atoms with Crippen LogP contribution < -0.4 is 10.1 Å². The first-order chi connectivity index (χ1) is 14.7. The van der Waals surface area contributed by atoms with Crippen LogP contribution in [0.15, 0.2) is 42.5 Å². The molecule has 156 valence electrons. The fourth-order valence-corrected chi connectivity index (χ4v) is 4.16. The second kappa shape index (κ2) is 9.26. The number of H-pyrrole nitrogens is 1. The summed E-state index contributed by atoms with van der Waals surface area (Å²) in [5.41, 5.74) is 4.50. The molecule has 2 N–H and O–H groups in total. The maximum absolute atomic E-state index is 12.7. The summed E-state index contributed by atoms with van der Waals surface area (Å²) in [5.74, 6) is 1.51. The van der Waals surface area contributed by atoms with Crippen LogP contribution in [0.4, 0.5) is 5.69 Å². The molecule has 7 heteroatoms. The van der Waals surface area contributed by atoms with E-state index in [-0.39, 0.29) is 5.91 Å². The highest BCUT2D eigenvalue weighted by molar-refractivity contribution is 7.71. The SMILES string of the molecule is CCOc1ccc(-c2n[nH]c(=S)n2CCC(=O)Nc2cccc3c2CCCC3)cc1. The topological polar surface area (TPSA) is 71.9 Å². The lowest BCUT2D eigenvalue weighted by Crippen LogP contribution is -2.17. The first-order valence-electron chi connectivity index (χ1n) is 10.4. The van der Waals surface area contributed by atoms with Crippen LogP contribution in [0.5, 0.6) is 5.75 Å². The Bertz CT molecular complexity index is 1090. The maximum Gasteiger partial charge on any atom is 0.226 e. The molecule has 1 heterocycles. The number of aromatic amines is 1. The molecule has 0 aliphatic heterocycles. The van der Waals surface area contributed by atoms with Crippen molar-refractivity contribution in [3.63, 3.8) is 0 Å². The third-order valence-electron chi connectivity index (χ3n) is 5.41. The number of hydrogen-bond donors (Lipinski definition) is 2. The lowest BCUT2D eigenvalue weighted by atomic mass is 9.90. The molecule has 0 spiro atoms. The Morgan fingerprint density at radius 2 is 2.00 bits per heavy atom. The quantitative estimate of drug-likeness (QED) is 0.531. The van der Waals surface area contributed by atoms with E-state index in [9.17, 15) is 4.79 Å². The number of nitrogens with zero attached hydrogens (tertiary/aromatic N) is 2. The predicted molar refractivity (Wildman–Crippen MR) is 120 cm³/mol. The first-order valence-corrected chi connectivity index (χ1v) is 10.9. The predicted octanol–water partition coefficient (Wildman–Crippen LogP) is 4.91. The third-order valence-corrected chi connectivity index (χ3v) is 5.73. The van der Waals surface area contributed by atoms with E-state index in [1.54, 1.807) is 0 Å². The van der Waals surface area contributed by atoms with E-state index in [0.717, 1.165) is 29.8 Å². The van der Waals surface area contributed by atoms with Gasteiger partial charge in [0.25, 0.3) is 0 Å². The van der Waals surface area contributed by atoms with E-state index in [2.05, 4.69) is 21.6 Å². The van der Waals surface area contributed by atoms with Gasteiger partial charge in [-0.2, -0.15) is 5.10 Å². The number of carbonyl (C=O) groups is 1. The smallest absolute Gasteiger partial charge is 0.226 e. The van der Waals surface area contributed by atoms with E-state index in [0.29, 0.717) is 30.2 Å². The minimum Gasteiger partial charge on any atom is -0.494 e. The van der Waals surface area contributed by atoms with Crippen molar-refractivity contribution >= 4 is 23.8 Å². The van der Waals surface area contributed by atoms with Crippen molar-refractivity contribution in [2.45, 2.75) is 45.6 Å². The number of anilines is 1. The van der Waals surface area contributed by atoms with Crippen molar-refractivity contribution in [3.8, 4) is 17.1 Å². The second-order valence-corrected chi connectivity index (χ2v) is 7.80. The zero-order chi connectivity index (χ0) is 20.9.